The highest BCUT2D eigenvalue weighted by Crippen LogP contribution is 2.19. The fourth-order valence-corrected chi connectivity index (χ4v) is 2.35. The number of quaternary nitrogens is 1. The van der Waals surface area contributed by atoms with Gasteiger partial charge in [-0.1, -0.05) is 11.6 Å². The second-order valence-electron chi connectivity index (χ2n) is 4.50. The molecule has 1 heterocycles. The zero-order chi connectivity index (χ0) is 13.1. The van der Waals surface area contributed by atoms with Crippen LogP contribution in [0.25, 0.3) is 0 Å². The average molecular weight is 289 g/mol. The maximum absolute atomic E-state index is 13.0. The molecule has 18 heavy (non-hydrogen) atoms. The molecular formula is C12H16ClFN3S+. The molecule has 0 unspecified atom stereocenters. The second kappa shape index (κ2) is 5.82. The Bertz CT molecular complexity index is 447. The molecule has 2 N–H and O–H groups in total. The van der Waals surface area contributed by atoms with Crippen LogP contribution in [0.2, 0.25) is 5.02 Å². The van der Waals surface area contributed by atoms with E-state index in [9.17, 15) is 4.39 Å². The molecule has 1 aromatic rings. The number of anilines is 1. The van der Waals surface area contributed by atoms with E-state index in [4.69, 9.17) is 23.8 Å². The molecule has 0 radical (unpaired) electrons. The molecule has 1 aliphatic heterocycles. The van der Waals surface area contributed by atoms with Gasteiger partial charge in [0.15, 0.2) is 5.11 Å². The third-order valence-corrected chi connectivity index (χ3v) is 3.72. The van der Waals surface area contributed by atoms with Gasteiger partial charge in [-0.15, -0.1) is 0 Å². The Morgan fingerprint density at radius 3 is 2.72 bits per heavy atom. The minimum atomic E-state index is -0.420. The number of nitrogens with one attached hydrogen (secondary N) is 2. The summed E-state index contributed by atoms with van der Waals surface area (Å²) in [5.74, 6) is -0.420. The molecule has 0 aromatic heterocycles. The lowest BCUT2D eigenvalue weighted by molar-refractivity contribution is -0.883. The maximum Gasteiger partial charge on any atom is 0.173 e. The Morgan fingerprint density at radius 2 is 2.11 bits per heavy atom. The van der Waals surface area contributed by atoms with Gasteiger partial charge in [0.1, 0.15) is 5.82 Å². The van der Waals surface area contributed by atoms with Gasteiger partial charge in [0.2, 0.25) is 0 Å². The monoisotopic (exact) mass is 288 g/mol. The van der Waals surface area contributed by atoms with E-state index >= 15 is 0 Å². The molecular weight excluding hydrogens is 273 g/mol. The first kappa shape index (κ1) is 13.5. The van der Waals surface area contributed by atoms with Crippen molar-refractivity contribution < 1.29 is 9.29 Å². The van der Waals surface area contributed by atoms with Gasteiger partial charge in [0.25, 0.3) is 0 Å². The second-order valence-corrected chi connectivity index (χ2v) is 5.30. The predicted octanol–water partition coefficient (Wildman–Crippen LogP) is 1.01. The van der Waals surface area contributed by atoms with E-state index in [1.165, 1.54) is 11.0 Å². The van der Waals surface area contributed by atoms with Crippen molar-refractivity contribution in [1.82, 2.24) is 4.90 Å². The fraction of sp³-hybridized carbons (Fsp3) is 0.417. The van der Waals surface area contributed by atoms with E-state index in [0.29, 0.717) is 5.11 Å². The summed E-state index contributed by atoms with van der Waals surface area (Å²) in [6.07, 6.45) is 0. The molecule has 0 aliphatic carbocycles. The summed E-state index contributed by atoms with van der Waals surface area (Å²) in [5, 5.41) is 3.87. The molecule has 6 heteroatoms. The zero-order valence-electron chi connectivity index (χ0n) is 10.2. The number of halogens is 2. The summed E-state index contributed by atoms with van der Waals surface area (Å²) in [5.41, 5.74) is 0.720. The maximum atomic E-state index is 13.0. The van der Waals surface area contributed by atoms with Gasteiger partial charge in [-0.3, -0.25) is 0 Å². The lowest BCUT2D eigenvalue weighted by Crippen LogP contribution is -3.12. The van der Waals surface area contributed by atoms with Crippen LogP contribution in [-0.2, 0) is 0 Å². The van der Waals surface area contributed by atoms with Crippen molar-refractivity contribution >= 4 is 34.6 Å². The molecule has 0 amide bonds. The third kappa shape index (κ3) is 3.31. The summed E-state index contributed by atoms with van der Waals surface area (Å²) < 4.78 is 13.0. The Morgan fingerprint density at radius 1 is 1.44 bits per heavy atom. The van der Waals surface area contributed by atoms with Crippen molar-refractivity contribution in [2.24, 2.45) is 0 Å². The first-order valence-corrected chi connectivity index (χ1v) is 6.67. The van der Waals surface area contributed by atoms with Crippen LogP contribution in [0.3, 0.4) is 0 Å². The molecule has 0 atom stereocenters. The zero-order valence-corrected chi connectivity index (χ0v) is 11.7. The number of rotatable bonds is 1. The summed E-state index contributed by atoms with van der Waals surface area (Å²) in [7, 11) is 2.17. The van der Waals surface area contributed by atoms with Gasteiger partial charge in [0, 0.05) is 5.69 Å². The molecule has 0 saturated carbocycles. The number of hydrogen-bond donors (Lipinski definition) is 2. The van der Waals surface area contributed by atoms with Crippen molar-refractivity contribution in [1.29, 1.82) is 0 Å². The SMILES string of the molecule is C[NH+]1CCN(C(=S)Nc2ccc(F)c(Cl)c2)CC1. The molecule has 98 valence electrons. The van der Waals surface area contributed by atoms with E-state index in [1.54, 1.807) is 12.1 Å². The summed E-state index contributed by atoms with van der Waals surface area (Å²) in [4.78, 5) is 3.64. The van der Waals surface area contributed by atoms with Crippen LogP contribution in [0.15, 0.2) is 18.2 Å². The van der Waals surface area contributed by atoms with E-state index in [2.05, 4.69) is 17.3 Å². The highest BCUT2D eigenvalue weighted by Gasteiger charge is 2.18. The highest BCUT2D eigenvalue weighted by molar-refractivity contribution is 7.80. The average Bonchev–Trinajstić information content (AvgIpc) is 2.34. The van der Waals surface area contributed by atoms with Crippen LogP contribution >= 0.6 is 23.8 Å². The Labute approximate surface area is 117 Å². The van der Waals surface area contributed by atoms with Crippen LogP contribution in [-0.4, -0.2) is 43.2 Å². The van der Waals surface area contributed by atoms with Crippen LogP contribution in [0.5, 0.6) is 0 Å². The molecule has 1 fully saturated rings. The van der Waals surface area contributed by atoms with Gasteiger partial charge in [-0.25, -0.2) is 4.39 Å². The van der Waals surface area contributed by atoms with Gasteiger partial charge < -0.3 is 15.1 Å². The van der Waals surface area contributed by atoms with Crippen molar-refractivity contribution in [3.05, 3.63) is 29.0 Å². The number of piperazine rings is 1. The van der Waals surface area contributed by atoms with E-state index in [1.807, 2.05) is 0 Å². The number of benzene rings is 1. The molecule has 1 aromatic carbocycles. The molecule has 3 nitrogen and oxygen atoms in total. The first-order valence-electron chi connectivity index (χ1n) is 5.88. The molecule has 1 saturated heterocycles. The van der Waals surface area contributed by atoms with Crippen LogP contribution in [0.1, 0.15) is 0 Å². The lowest BCUT2D eigenvalue weighted by Gasteiger charge is -2.32. The third-order valence-electron chi connectivity index (χ3n) is 3.08. The lowest BCUT2D eigenvalue weighted by atomic mass is 10.3. The van der Waals surface area contributed by atoms with Crippen molar-refractivity contribution in [3.8, 4) is 0 Å². The number of likely N-dealkylation sites (N-methyl/N-ethyl adjacent to an activating group) is 1. The smallest absolute Gasteiger partial charge is 0.173 e. The van der Waals surface area contributed by atoms with E-state index in [-0.39, 0.29) is 5.02 Å². The Hall–Kier alpha value is -0.910. The summed E-state index contributed by atoms with van der Waals surface area (Å²) >= 11 is 11.1. The van der Waals surface area contributed by atoms with Gasteiger partial charge >= 0.3 is 0 Å². The van der Waals surface area contributed by atoms with E-state index in [0.717, 1.165) is 31.9 Å². The summed E-state index contributed by atoms with van der Waals surface area (Å²) in [6.45, 7) is 4.02. The van der Waals surface area contributed by atoms with Gasteiger partial charge in [0.05, 0.1) is 38.2 Å². The van der Waals surface area contributed by atoms with Gasteiger partial charge in [-0.2, -0.15) is 0 Å². The molecule has 0 spiro atoms. The van der Waals surface area contributed by atoms with Crippen LogP contribution in [0, 0.1) is 5.82 Å². The minimum Gasteiger partial charge on any atom is -0.338 e. The largest absolute Gasteiger partial charge is 0.338 e. The minimum absolute atomic E-state index is 0.102. The van der Waals surface area contributed by atoms with Crippen molar-refractivity contribution in [2.45, 2.75) is 0 Å². The molecule has 0 bridgehead atoms. The highest BCUT2D eigenvalue weighted by atomic mass is 35.5. The van der Waals surface area contributed by atoms with Crippen LogP contribution < -0.4 is 10.2 Å². The normalized spacial score (nSPS) is 16.7. The number of thiocarbonyl (C=S) groups is 1. The molecule has 2 rings (SSSR count). The Kier molecular flexibility index (Phi) is 4.37. The van der Waals surface area contributed by atoms with Gasteiger partial charge in [-0.05, 0) is 30.4 Å². The van der Waals surface area contributed by atoms with Crippen molar-refractivity contribution in [3.63, 3.8) is 0 Å². The number of hydrogen-bond acceptors (Lipinski definition) is 1. The van der Waals surface area contributed by atoms with E-state index < -0.39 is 5.82 Å². The summed E-state index contributed by atoms with van der Waals surface area (Å²) in [6, 6.07) is 4.51. The van der Waals surface area contributed by atoms with Crippen molar-refractivity contribution in [2.75, 3.05) is 38.5 Å². The quantitative estimate of drug-likeness (QED) is 0.753. The fourth-order valence-electron chi connectivity index (χ4n) is 1.87. The predicted molar refractivity (Wildman–Crippen MR) is 75.8 cm³/mol. The number of nitrogens with zero attached hydrogens (tertiary/aromatic N) is 1. The first-order chi connectivity index (χ1) is 8.56. The Balaban J connectivity index is 1.96. The van der Waals surface area contributed by atoms with Crippen LogP contribution in [0.4, 0.5) is 10.1 Å². The topological polar surface area (TPSA) is 19.7 Å². The standard InChI is InChI=1S/C12H15ClFN3S/c1-16-4-6-17(7-5-16)12(18)15-9-2-3-11(14)10(13)8-9/h2-3,8H,4-7H2,1H3,(H,15,18)/p+1. The molecule has 1 aliphatic rings.